The van der Waals surface area contributed by atoms with E-state index in [0.29, 0.717) is 26.3 Å². The van der Waals surface area contributed by atoms with E-state index in [9.17, 15) is 9.59 Å². The van der Waals surface area contributed by atoms with Gasteiger partial charge in [0.05, 0.1) is 32.0 Å². The number of ether oxygens (including phenoxy) is 1. The Balaban J connectivity index is 1.45. The molecule has 3 aliphatic rings. The van der Waals surface area contributed by atoms with Crippen molar-refractivity contribution >= 4 is 29.1 Å². The molecule has 2 N–H and O–H groups in total. The van der Waals surface area contributed by atoms with Gasteiger partial charge in [-0.1, -0.05) is 18.2 Å². The number of hydrogen-bond acceptors (Lipinski definition) is 5. The average Bonchev–Trinajstić information content (AvgIpc) is 3.01. The van der Waals surface area contributed by atoms with Gasteiger partial charge in [-0.25, -0.2) is 0 Å². The Hall–Kier alpha value is -1.67. The van der Waals surface area contributed by atoms with Crippen LogP contribution in [0.3, 0.4) is 0 Å². The summed E-state index contributed by atoms with van der Waals surface area (Å²) in [5.74, 6) is -0.237. The fraction of sp³-hybridized carbons (Fsp3) is 0.579. The van der Waals surface area contributed by atoms with Gasteiger partial charge in [0.15, 0.2) is 0 Å². The summed E-state index contributed by atoms with van der Waals surface area (Å²) in [5.41, 5.74) is 2.16. The molecule has 4 atom stereocenters. The van der Waals surface area contributed by atoms with E-state index in [1.54, 1.807) is 0 Å². The van der Waals surface area contributed by atoms with Crippen molar-refractivity contribution in [3.63, 3.8) is 0 Å². The lowest BCUT2D eigenvalue weighted by atomic mass is 10.1. The van der Waals surface area contributed by atoms with E-state index in [4.69, 9.17) is 16.3 Å². The highest BCUT2D eigenvalue weighted by atomic mass is 35.5. The van der Waals surface area contributed by atoms with Crippen LogP contribution in [0.4, 0.5) is 5.69 Å². The van der Waals surface area contributed by atoms with Gasteiger partial charge in [0.2, 0.25) is 11.8 Å². The molecular weight excluding hydrogens is 368 g/mol. The summed E-state index contributed by atoms with van der Waals surface area (Å²) in [6, 6.07) is 8.10. The minimum absolute atomic E-state index is 0.000926. The van der Waals surface area contributed by atoms with Gasteiger partial charge in [-0.15, -0.1) is 11.6 Å². The number of carbonyl (C=O) groups is 2. The molecule has 3 unspecified atom stereocenters. The molecule has 7 nitrogen and oxygen atoms in total. The topological polar surface area (TPSA) is 73.9 Å². The van der Waals surface area contributed by atoms with Gasteiger partial charge >= 0.3 is 0 Å². The Morgan fingerprint density at radius 2 is 2.04 bits per heavy atom. The molecule has 3 aliphatic heterocycles. The normalized spacial score (nSPS) is 31.5. The van der Waals surface area contributed by atoms with Crippen molar-refractivity contribution in [3.05, 3.63) is 29.8 Å². The standard InChI is InChI=1S/C19H25ClN4O3/c1-12-10-13-4-2-3-5-14(13)24(12)16(25)11-15-21-18(17(20)19(26)22-15)23-6-8-27-9-7-23/h2-5,12,15,17-18,21H,6-11H2,1H3,(H,22,26)/t12-,15?,17?,18?/m1/s1. The summed E-state index contributed by atoms with van der Waals surface area (Å²) in [6.45, 7) is 4.72. The van der Waals surface area contributed by atoms with Crippen LogP contribution >= 0.6 is 11.6 Å². The van der Waals surface area contributed by atoms with Gasteiger partial charge in [-0.05, 0) is 25.0 Å². The first-order valence-electron chi connectivity index (χ1n) is 9.47. The third-order valence-corrected chi connectivity index (χ3v) is 5.95. The fourth-order valence-electron chi connectivity index (χ4n) is 4.20. The van der Waals surface area contributed by atoms with Crippen LogP contribution in [0.2, 0.25) is 0 Å². The predicted molar refractivity (Wildman–Crippen MR) is 103 cm³/mol. The Labute approximate surface area is 164 Å². The van der Waals surface area contributed by atoms with E-state index in [-0.39, 0.29) is 30.4 Å². The number of fused-ring (bicyclic) bond motifs is 1. The number of rotatable bonds is 3. The third kappa shape index (κ3) is 3.69. The zero-order chi connectivity index (χ0) is 19.0. The van der Waals surface area contributed by atoms with Crippen molar-refractivity contribution in [2.75, 3.05) is 31.2 Å². The van der Waals surface area contributed by atoms with Crippen molar-refractivity contribution in [2.24, 2.45) is 0 Å². The number of nitrogens with zero attached hydrogens (tertiary/aromatic N) is 2. The molecule has 0 saturated carbocycles. The van der Waals surface area contributed by atoms with Gasteiger partial charge in [-0.2, -0.15) is 0 Å². The summed E-state index contributed by atoms with van der Waals surface area (Å²) in [6.07, 6.45) is 0.305. The first-order chi connectivity index (χ1) is 13.0. The molecule has 0 aromatic heterocycles. The second kappa shape index (κ2) is 7.75. The highest BCUT2D eigenvalue weighted by Crippen LogP contribution is 2.32. The highest BCUT2D eigenvalue weighted by Gasteiger charge is 2.40. The number of alkyl halides is 1. The smallest absolute Gasteiger partial charge is 0.242 e. The lowest BCUT2D eigenvalue weighted by molar-refractivity contribution is -0.128. The second-order valence-electron chi connectivity index (χ2n) is 7.37. The number of para-hydroxylation sites is 1. The number of halogens is 1. The number of carbonyl (C=O) groups excluding carboxylic acids is 2. The summed E-state index contributed by atoms with van der Waals surface area (Å²) in [7, 11) is 0. The molecule has 3 heterocycles. The van der Waals surface area contributed by atoms with Crippen molar-refractivity contribution in [1.82, 2.24) is 15.5 Å². The van der Waals surface area contributed by atoms with E-state index in [2.05, 4.69) is 28.5 Å². The number of morpholine rings is 1. The quantitative estimate of drug-likeness (QED) is 0.739. The van der Waals surface area contributed by atoms with Crippen LogP contribution in [-0.4, -0.2) is 66.8 Å². The van der Waals surface area contributed by atoms with Crippen LogP contribution in [0.5, 0.6) is 0 Å². The fourth-order valence-corrected chi connectivity index (χ4v) is 4.50. The maximum Gasteiger partial charge on any atom is 0.242 e. The summed E-state index contributed by atoms with van der Waals surface area (Å²) in [4.78, 5) is 29.3. The Bertz CT molecular complexity index is 725. The van der Waals surface area contributed by atoms with Crippen LogP contribution in [-0.2, 0) is 20.7 Å². The SMILES string of the molecule is C[C@@H]1Cc2ccccc2N1C(=O)CC1NC(=O)C(Cl)C(N2CCOCC2)N1. The molecule has 1 aromatic rings. The number of amides is 2. The number of hydrogen-bond donors (Lipinski definition) is 2. The molecule has 8 heteroatoms. The largest absolute Gasteiger partial charge is 0.379 e. The molecule has 2 saturated heterocycles. The van der Waals surface area contributed by atoms with Gasteiger partial charge in [-0.3, -0.25) is 19.8 Å². The molecule has 2 fully saturated rings. The first kappa shape index (κ1) is 18.7. The van der Waals surface area contributed by atoms with E-state index < -0.39 is 11.5 Å². The Morgan fingerprint density at radius 1 is 1.30 bits per heavy atom. The molecular formula is C19H25ClN4O3. The van der Waals surface area contributed by atoms with Gasteiger partial charge in [0.1, 0.15) is 5.38 Å². The maximum atomic E-state index is 13.0. The summed E-state index contributed by atoms with van der Waals surface area (Å²) >= 11 is 6.33. The van der Waals surface area contributed by atoms with Crippen molar-refractivity contribution in [1.29, 1.82) is 0 Å². The number of benzene rings is 1. The highest BCUT2D eigenvalue weighted by molar-refractivity contribution is 6.31. The van der Waals surface area contributed by atoms with Crippen molar-refractivity contribution in [3.8, 4) is 0 Å². The Kier molecular flexibility index (Phi) is 5.36. The van der Waals surface area contributed by atoms with E-state index in [1.807, 2.05) is 23.1 Å². The van der Waals surface area contributed by atoms with E-state index >= 15 is 0 Å². The van der Waals surface area contributed by atoms with Crippen LogP contribution in [0.15, 0.2) is 24.3 Å². The van der Waals surface area contributed by atoms with E-state index in [1.165, 1.54) is 5.56 Å². The minimum Gasteiger partial charge on any atom is -0.379 e. The minimum atomic E-state index is -0.694. The second-order valence-corrected chi connectivity index (χ2v) is 7.84. The maximum absolute atomic E-state index is 13.0. The summed E-state index contributed by atoms with van der Waals surface area (Å²) in [5, 5.41) is 5.50. The third-order valence-electron chi connectivity index (χ3n) is 5.51. The average molecular weight is 393 g/mol. The first-order valence-corrected chi connectivity index (χ1v) is 9.90. The van der Waals surface area contributed by atoms with Crippen molar-refractivity contribution < 1.29 is 14.3 Å². The van der Waals surface area contributed by atoms with Gasteiger partial charge < -0.3 is 15.0 Å². The molecule has 0 bridgehead atoms. The summed E-state index contributed by atoms with van der Waals surface area (Å²) < 4.78 is 5.38. The molecule has 4 rings (SSSR count). The molecule has 2 amide bonds. The molecule has 146 valence electrons. The van der Waals surface area contributed by atoms with Crippen LogP contribution < -0.4 is 15.5 Å². The number of nitrogens with one attached hydrogen (secondary N) is 2. The molecule has 0 spiro atoms. The van der Waals surface area contributed by atoms with Gasteiger partial charge in [0, 0.05) is 24.8 Å². The van der Waals surface area contributed by atoms with Crippen LogP contribution in [0, 0.1) is 0 Å². The van der Waals surface area contributed by atoms with Gasteiger partial charge in [0.25, 0.3) is 0 Å². The zero-order valence-corrected chi connectivity index (χ0v) is 16.1. The van der Waals surface area contributed by atoms with Crippen molar-refractivity contribution in [2.45, 2.75) is 43.5 Å². The zero-order valence-electron chi connectivity index (χ0n) is 15.4. The van der Waals surface area contributed by atoms with Crippen LogP contribution in [0.1, 0.15) is 18.9 Å². The van der Waals surface area contributed by atoms with E-state index in [0.717, 1.165) is 12.1 Å². The molecule has 0 aliphatic carbocycles. The molecule has 1 aromatic carbocycles. The molecule has 27 heavy (non-hydrogen) atoms. The molecule has 0 radical (unpaired) electrons. The van der Waals surface area contributed by atoms with Crippen LogP contribution in [0.25, 0.3) is 0 Å². The Morgan fingerprint density at radius 3 is 2.81 bits per heavy atom. The lowest BCUT2D eigenvalue weighted by Gasteiger charge is -2.42. The predicted octanol–water partition coefficient (Wildman–Crippen LogP) is 0.666. The monoisotopic (exact) mass is 392 g/mol. The number of anilines is 1. The lowest BCUT2D eigenvalue weighted by Crippen LogP contribution is -2.69.